The standard InChI is InChI=1S/C10H17N3O4S2/c1-18(14,15)9-7-11-12-10(9)8-5-3-4-6-13(8)19(2,16)17/h7-8H,3-6H2,1-2H3,(H,11,12). The Kier molecular flexibility index (Phi) is 3.72. The molecule has 108 valence electrons. The van der Waals surface area contributed by atoms with E-state index in [0.717, 1.165) is 25.4 Å². The largest absolute Gasteiger partial charge is 0.280 e. The Morgan fingerprint density at radius 3 is 2.53 bits per heavy atom. The average Bonchev–Trinajstić information content (AvgIpc) is 2.76. The molecule has 1 aliphatic rings. The lowest BCUT2D eigenvalue weighted by Gasteiger charge is -2.33. The van der Waals surface area contributed by atoms with E-state index < -0.39 is 25.9 Å². The zero-order valence-corrected chi connectivity index (χ0v) is 12.5. The summed E-state index contributed by atoms with van der Waals surface area (Å²) in [5, 5.41) is 6.40. The van der Waals surface area contributed by atoms with Gasteiger partial charge in [-0.1, -0.05) is 6.42 Å². The molecule has 1 aromatic heterocycles. The van der Waals surface area contributed by atoms with E-state index in [4.69, 9.17) is 0 Å². The second kappa shape index (κ2) is 4.88. The zero-order valence-electron chi connectivity index (χ0n) is 10.8. The van der Waals surface area contributed by atoms with Crippen molar-refractivity contribution in [3.05, 3.63) is 11.9 Å². The number of hydrogen-bond acceptors (Lipinski definition) is 5. The Hall–Kier alpha value is -0.930. The minimum atomic E-state index is -3.42. The van der Waals surface area contributed by atoms with Crippen molar-refractivity contribution in [2.75, 3.05) is 19.1 Å². The van der Waals surface area contributed by atoms with Gasteiger partial charge in [-0.2, -0.15) is 9.40 Å². The van der Waals surface area contributed by atoms with Crippen LogP contribution >= 0.6 is 0 Å². The fourth-order valence-corrected chi connectivity index (χ4v) is 4.37. The van der Waals surface area contributed by atoms with Crippen molar-refractivity contribution in [1.29, 1.82) is 0 Å². The van der Waals surface area contributed by atoms with Crippen LogP contribution in [0.5, 0.6) is 0 Å². The second-order valence-corrected chi connectivity index (χ2v) is 8.72. The van der Waals surface area contributed by atoms with Crippen LogP contribution in [0.4, 0.5) is 0 Å². The van der Waals surface area contributed by atoms with E-state index in [1.165, 1.54) is 10.5 Å². The van der Waals surface area contributed by atoms with Crippen molar-refractivity contribution in [2.45, 2.75) is 30.2 Å². The molecule has 0 spiro atoms. The summed E-state index contributed by atoms with van der Waals surface area (Å²) >= 11 is 0. The maximum atomic E-state index is 11.8. The number of aromatic amines is 1. The highest BCUT2D eigenvalue weighted by atomic mass is 32.2. The molecule has 1 unspecified atom stereocenters. The topological polar surface area (TPSA) is 100 Å². The van der Waals surface area contributed by atoms with Gasteiger partial charge in [-0.15, -0.1) is 0 Å². The third-order valence-electron chi connectivity index (χ3n) is 3.24. The molecule has 0 aliphatic carbocycles. The number of H-pyrrole nitrogens is 1. The van der Waals surface area contributed by atoms with Crippen molar-refractivity contribution in [3.8, 4) is 0 Å². The lowest BCUT2D eigenvalue weighted by Crippen LogP contribution is -2.38. The van der Waals surface area contributed by atoms with E-state index in [2.05, 4.69) is 10.2 Å². The first-order valence-corrected chi connectivity index (χ1v) is 9.65. The van der Waals surface area contributed by atoms with Crippen molar-refractivity contribution < 1.29 is 16.8 Å². The molecule has 0 saturated carbocycles. The summed E-state index contributed by atoms with van der Waals surface area (Å²) in [5.41, 5.74) is 0.368. The Morgan fingerprint density at radius 2 is 1.95 bits per heavy atom. The molecular weight excluding hydrogens is 290 g/mol. The van der Waals surface area contributed by atoms with E-state index in [1.54, 1.807) is 0 Å². The molecule has 1 N–H and O–H groups in total. The highest BCUT2D eigenvalue weighted by Gasteiger charge is 2.34. The third-order valence-corrected chi connectivity index (χ3v) is 5.66. The number of hydrogen-bond donors (Lipinski definition) is 1. The van der Waals surface area contributed by atoms with Crippen molar-refractivity contribution in [3.63, 3.8) is 0 Å². The van der Waals surface area contributed by atoms with Gasteiger partial charge in [0.2, 0.25) is 10.0 Å². The van der Waals surface area contributed by atoms with Gasteiger partial charge in [-0.05, 0) is 12.8 Å². The maximum absolute atomic E-state index is 11.8. The van der Waals surface area contributed by atoms with E-state index >= 15 is 0 Å². The smallest absolute Gasteiger partial charge is 0.211 e. The quantitative estimate of drug-likeness (QED) is 0.865. The van der Waals surface area contributed by atoms with Crippen LogP contribution in [-0.4, -0.2) is 50.4 Å². The highest BCUT2D eigenvalue weighted by molar-refractivity contribution is 7.90. The molecule has 1 aliphatic heterocycles. The fourth-order valence-electron chi connectivity index (χ4n) is 2.41. The van der Waals surface area contributed by atoms with E-state index in [-0.39, 0.29) is 4.90 Å². The SMILES string of the molecule is CS(=O)(=O)c1cn[nH]c1C1CCCCN1S(C)(=O)=O. The molecule has 19 heavy (non-hydrogen) atoms. The minimum Gasteiger partial charge on any atom is -0.280 e. The van der Waals surface area contributed by atoms with Crippen molar-refractivity contribution >= 4 is 19.9 Å². The predicted molar refractivity (Wildman–Crippen MR) is 69.8 cm³/mol. The molecule has 0 bridgehead atoms. The van der Waals surface area contributed by atoms with Gasteiger partial charge in [0.05, 0.1) is 24.2 Å². The van der Waals surface area contributed by atoms with Crippen LogP contribution in [0.3, 0.4) is 0 Å². The van der Waals surface area contributed by atoms with Gasteiger partial charge < -0.3 is 0 Å². The monoisotopic (exact) mass is 307 g/mol. The van der Waals surface area contributed by atoms with Crippen LogP contribution in [0.2, 0.25) is 0 Å². The van der Waals surface area contributed by atoms with Gasteiger partial charge >= 0.3 is 0 Å². The minimum absolute atomic E-state index is 0.0769. The van der Waals surface area contributed by atoms with Gasteiger partial charge in [-0.25, -0.2) is 16.8 Å². The van der Waals surface area contributed by atoms with Crippen LogP contribution in [0.15, 0.2) is 11.1 Å². The Labute approximate surface area is 113 Å². The van der Waals surface area contributed by atoms with Gasteiger partial charge in [0.25, 0.3) is 0 Å². The lowest BCUT2D eigenvalue weighted by molar-refractivity contribution is 0.250. The lowest BCUT2D eigenvalue weighted by atomic mass is 10.0. The number of aromatic nitrogens is 2. The van der Waals surface area contributed by atoms with Crippen LogP contribution < -0.4 is 0 Å². The Morgan fingerprint density at radius 1 is 1.26 bits per heavy atom. The molecule has 0 amide bonds. The van der Waals surface area contributed by atoms with E-state index in [1.807, 2.05) is 0 Å². The third kappa shape index (κ3) is 2.98. The Bertz CT molecular complexity index is 663. The van der Waals surface area contributed by atoms with Crippen LogP contribution in [-0.2, 0) is 19.9 Å². The fraction of sp³-hybridized carbons (Fsp3) is 0.700. The molecule has 2 heterocycles. The van der Waals surface area contributed by atoms with Crippen LogP contribution in [0.25, 0.3) is 0 Å². The predicted octanol–water partition coefficient (Wildman–Crippen LogP) is 0.300. The molecule has 1 fully saturated rings. The number of nitrogens with one attached hydrogen (secondary N) is 1. The first-order chi connectivity index (χ1) is 8.71. The second-order valence-electron chi connectivity index (χ2n) is 4.81. The van der Waals surface area contributed by atoms with Gasteiger partial charge in [0.15, 0.2) is 9.84 Å². The van der Waals surface area contributed by atoms with E-state index in [0.29, 0.717) is 18.7 Å². The van der Waals surface area contributed by atoms with Crippen LogP contribution in [0.1, 0.15) is 31.0 Å². The van der Waals surface area contributed by atoms with Crippen molar-refractivity contribution in [2.24, 2.45) is 0 Å². The molecule has 0 aromatic carbocycles. The van der Waals surface area contributed by atoms with Gasteiger partial charge in [-0.3, -0.25) is 5.10 Å². The maximum Gasteiger partial charge on any atom is 0.211 e. The molecular formula is C10H17N3O4S2. The Balaban J connectivity index is 2.48. The van der Waals surface area contributed by atoms with Gasteiger partial charge in [0.1, 0.15) is 4.90 Å². The summed E-state index contributed by atoms with van der Waals surface area (Å²) in [4.78, 5) is 0.0769. The molecule has 2 rings (SSSR count). The molecule has 0 radical (unpaired) electrons. The summed E-state index contributed by atoms with van der Waals surface area (Å²) in [6.45, 7) is 0.408. The van der Waals surface area contributed by atoms with E-state index in [9.17, 15) is 16.8 Å². The molecule has 7 nitrogen and oxygen atoms in total. The molecule has 1 atom stereocenters. The number of piperidine rings is 1. The summed E-state index contributed by atoms with van der Waals surface area (Å²) in [6, 6.07) is -0.476. The number of sulfonamides is 1. The number of nitrogens with zero attached hydrogens (tertiary/aromatic N) is 2. The average molecular weight is 307 g/mol. The summed E-state index contributed by atoms with van der Waals surface area (Å²) < 4.78 is 48.3. The van der Waals surface area contributed by atoms with Gasteiger partial charge in [0, 0.05) is 12.8 Å². The highest BCUT2D eigenvalue weighted by Crippen LogP contribution is 2.34. The molecule has 1 saturated heterocycles. The van der Waals surface area contributed by atoms with Crippen LogP contribution in [0, 0.1) is 0 Å². The molecule has 1 aromatic rings. The number of rotatable bonds is 3. The summed E-state index contributed by atoms with van der Waals surface area (Å²) in [5.74, 6) is 0. The first-order valence-electron chi connectivity index (χ1n) is 5.91. The summed E-state index contributed by atoms with van der Waals surface area (Å²) in [6.07, 6.45) is 5.71. The number of sulfone groups is 1. The first kappa shape index (κ1) is 14.5. The normalized spacial score (nSPS) is 22.5. The molecule has 9 heteroatoms. The zero-order chi connectivity index (χ0) is 14.3. The summed E-state index contributed by atoms with van der Waals surface area (Å²) in [7, 11) is -6.80. The van der Waals surface area contributed by atoms with Crippen molar-refractivity contribution in [1.82, 2.24) is 14.5 Å².